The Morgan fingerprint density at radius 3 is 2.59 bits per heavy atom. The van der Waals surface area contributed by atoms with Gasteiger partial charge in [0.05, 0.1) is 0 Å². The van der Waals surface area contributed by atoms with E-state index in [4.69, 9.17) is 0 Å². The van der Waals surface area contributed by atoms with Gasteiger partial charge in [0, 0.05) is 44.5 Å². The van der Waals surface area contributed by atoms with Crippen molar-refractivity contribution in [3.05, 3.63) is 53.9 Å². The Balaban J connectivity index is 1.47. The van der Waals surface area contributed by atoms with E-state index in [1.54, 1.807) is 12.4 Å². The summed E-state index contributed by atoms with van der Waals surface area (Å²) in [6.45, 7) is 6.33. The van der Waals surface area contributed by atoms with Crippen molar-refractivity contribution in [2.24, 2.45) is 5.92 Å². The Morgan fingerprint density at radius 2 is 1.89 bits per heavy atom. The molecule has 1 aliphatic heterocycles. The van der Waals surface area contributed by atoms with Gasteiger partial charge in [-0.15, -0.1) is 0 Å². The first-order valence-corrected chi connectivity index (χ1v) is 9.71. The number of nitrogens with zero attached hydrogens (tertiary/aromatic N) is 4. The molecule has 1 N–H and O–H groups in total. The third-order valence-corrected chi connectivity index (χ3v) is 5.15. The number of piperidine rings is 1. The number of hydrogen-bond donors (Lipinski definition) is 1. The van der Waals surface area contributed by atoms with E-state index in [9.17, 15) is 4.79 Å². The van der Waals surface area contributed by atoms with Crippen molar-refractivity contribution in [2.75, 3.05) is 31.6 Å². The van der Waals surface area contributed by atoms with Crippen LogP contribution in [0.3, 0.4) is 0 Å². The summed E-state index contributed by atoms with van der Waals surface area (Å²) in [5, 5.41) is 3.12. The van der Waals surface area contributed by atoms with Crippen LogP contribution < -0.4 is 10.2 Å². The molecule has 1 fully saturated rings. The van der Waals surface area contributed by atoms with Crippen LogP contribution in [-0.2, 0) is 17.9 Å². The van der Waals surface area contributed by atoms with Crippen LogP contribution in [0.25, 0.3) is 0 Å². The minimum Gasteiger partial charge on any atom is -0.352 e. The molecule has 1 aliphatic rings. The van der Waals surface area contributed by atoms with E-state index in [0.717, 1.165) is 50.5 Å². The first-order valence-electron chi connectivity index (χ1n) is 9.71. The monoisotopic (exact) mass is 367 g/mol. The SMILES string of the molecule is CCN(C)Cc1cccc(CNC(=O)C2CCN(c3ncccn3)CC2)c1. The van der Waals surface area contributed by atoms with Gasteiger partial charge in [-0.2, -0.15) is 0 Å². The summed E-state index contributed by atoms with van der Waals surface area (Å²) in [7, 11) is 2.11. The highest BCUT2D eigenvalue weighted by molar-refractivity contribution is 5.78. The van der Waals surface area contributed by atoms with E-state index < -0.39 is 0 Å². The lowest BCUT2D eigenvalue weighted by molar-refractivity contribution is -0.125. The molecular formula is C21H29N5O. The summed E-state index contributed by atoms with van der Waals surface area (Å²) in [5.41, 5.74) is 2.43. The van der Waals surface area contributed by atoms with E-state index in [0.29, 0.717) is 6.54 Å². The fraction of sp³-hybridized carbons (Fsp3) is 0.476. The lowest BCUT2D eigenvalue weighted by atomic mass is 9.96. The van der Waals surface area contributed by atoms with Crippen LogP contribution in [0.2, 0.25) is 0 Å². The maximum Gasteiger partial charge on any atom is 0.225 e. The van der Waals surface area contributed by atoms with Gasteiger partial charge < -0.3 is 15.1 Å². The summed E-state index contributed by atoms with van der Waals surface area (Å²) in [6.07, 6.45) is 5.19. The molecule has 2 aromatic rings. The molecule has 1 saturated heterocycles. The first-order chi connectivity index (χ1) is 13.2. The van der Waals surface area contributed by atoms with Crippen molar-refractivity contribution < 1.29 is 4.79 Å². The van der Waals surface area contributed by atoms with Crippen LogP contribution in [0, 0.1) is 5.92 Å². The van der Waals surface area contributed by atoms with Crippen molar-refractivity contribution in [2.45, 2.75) is 32.9 Å². The molecule has 0 bridgehead atoms. The molecule has 0 radical (unpaired) electrons. The van der Waals surface area contributed by atoms with E-state index in [2.05, 4.69) is 63.3 Å². The number of benzene rings is 1. The number of anilines is 1. The quantitative estimate of drug-likeness (QED) is 0.815. The molecule has 0 spiro atoms. The third kappa shape index (κ3) is 5.50. The Morgan fingerprint density at radius 1 is 1.19 bits per heavy atom. The largest absolute Gasteiger partial charge is 0.352 e. The van der Waals surface area contributed by atoms with E-state index in [1.807, 2.05) is 6.07 Å². The highest BCUT2D eigenvalue weighted by Gasteiger charge is 2.25. The standard InChI is InChI=1S/C21H29N5O/c1-3-25(2)16-18-7-4-6-17(14-18)15-24-20(27)19-8-12-26(13-9-19)21-22-10-5-11-23-21/h4-7,10-11,14,19H,3,8-9,12-13,15-16H2,1-2H3,(H,24,27). The van der Waals surface area contributed by atoms with Gasteiger partial charge in [0.1, 0.15) is 0 Å². The second-order valence-electron chi connectivity index (χ2n) is 7.18. The number of aromatic nitrogens is 2. The number of hydrogen-bond acceptors (Lipinski definition) is 5. The molecule has 144 valence electrons. The molecule has 1 aromatic carbocycles. The van der Waals surface area contributed by atoms with Gasteiger partial charge in [-0.25, -0.2) is 9.97 Å². The lowest BCUT2D eigenvalue weighted by Crippen LogP contribution is -2.41. The summed E-state index contributed by atoms with van der Waals surface area (Å²) in [6, 6.07) is 10.3. The van der Waals surface area contributed by atoms with Crippen molar-refractivity contribution >= 4 is 11.9 Å². The van der Waals surface area contributed by atoms with Crippen molar-refractivity contribution in [3.63, 3.8) is 0 Å². The maximum absolute atomic E-state index is 12.6. The molecule has 2 heterocycles. The van der Waals surface area contributed by atoms with Crippen LogP contribution in [0.5, 0.6) is 0 Å². The minimum absolute atomic E-state index is 0.0689. The molecule has 0 saturated carbocycles. The van der Waals surface area contributed by atoms with Gasteiger partial charge in [0.25, 0.3) is 0 Å². The highest BCUT2D eigenvalue weighted by atomic mass is 16.1. The van der Waals surface area contributed by atoms with E-state index in [1.165, 1.54) is 5.56 Å². The lowest BCUT2D eigenvalue weighted by Gasteiger charge is -2.31. The fourth-order valence-corrected chi connectivity index (χ4v) is 3.39. The van der Waals surface area contributed by atoms with Gasteiger partial charge in [-0.1, -0.05) is 31.2 Å². The Bertz CT molecular complexity index is 728. The molecule has 6 heteroatoms. The molecular weight excluding hydrogens is 338 g/mol. The van der Waals surface area contributed by atoms with Gasteiger partial charge in [-0.3, -0.25) is 4.79 Å². The minimum atomic E-state index is 0.0689. The molecule has 0 atom stereocenters. The topological polar surface area (TPSA) is 61.4 Å². The molecule has 1 aromatic heterocycles. The van der Waals surface area contributed by atoms with E-state index >= 15 is 0 Å². The van der Waals surface area contributed by atoms with Crippen LogP contribution in [0.15, 0.2) is 42.7 Å². The Hall–Kier alpha value is -2.47. The molecule has 1 amide bonds. The fourth-order valence-electron chi connectivity index (χ4n) is 3.39. The number of carbonyl (C=O) groups is 1. The smallest absolute Gasteiger partial charge is 0.225 e. The number of nitrogens with one attached hydrogen (secondary N) is 1. The van der Waals surface area contributed by atoms with Crippen molar-refractivity contribution in [1.82, 2.24) is 20.2 Å². The van der Waals surface area contributed by atoms with Gasteiger partial charge in [0.15, 0.2) is 0 Å². The average Bonchev–Trinajstić information content (AvgIpc) is 2.73. The highest BCUT2D eigenvalue weighted by Crippen LogP contribution is 2.20. The summed E-state index contributed by atoms with van der Waals surface area (Å²) in [5.74, 6) is 0.976. The summed E-state index contributed by atoms with van der Waals surface area (Å²) < 4.78 is 0. The Labute approximate surface area is 161 Å². The van der Waals surface area contributed by atoms with Crippen molar-refractivity contribution in [3.8, 4) is 0 Å². The zero-order chi connectivity index (χ0) is 19.1. The van der Waals surface area contributed by atoms with Crippen molar-refractivity contribution in [1.29, 1.82) is 0 Å². The molecule has 27 heavy (non-hydrogen) atoms. The maximum atomic E-state index is 12.6. The van der Waals surface area contributed by atoms with Crippen LogP contribution in [0.1, 0.15) is 30.9 Å². The van der Waals surface area contributed by atoms with Gasteiger partial charge >= 0.3 is 0 Å². The normalized spacial score (nSPS) is 15.1. The van der Waals surface area contributed by atoms with E-state index in [-0.39, 0.29) is 11.8 Å². The van der Waals surface area contributed by atoms with Gasteiger partial charge in [-0.05, 0) is 43.6 Å². The van der Waals surface area contributed by atoms with Crippen LogP contribution in [-0.4, -0.2) is 47.5 Å². The van der Waals surface area contributed by atoms with Crippen LogP contribution in [0.4, 0.5) is 5.95 Å². The Kier molecular flexibility index (Phi) is 6.76. The summed E-state index contributed by atoms with van der Waals surface area (Å²) >= 11 is 0. The molecule has 6 nitrogen and oxygen atoms in total. The zero-order valence-electron chi connectivity index (χ0n) is 16.3. The van der Waals surface area contributed by atoms with Gasteiger partial charge in [0.2, 0.25) is 11.9 Å². The molecule has 0 unspecified atom stereocenters. The molecule has 3 rings (SSSR count). The average molecular weight is 367 g/mol. The number of rotatable bonds is 7. The predicted octanol–water partition coefficient (Wildman–Crippen LogP) is 2.46. The van der Waals surface area contributed by atoms with Crippen LogP contribution >= 0.6 is 0 Å². The zero-order valence-corrected chi connectivity index (χ0v) is 16.3. The number of amides is 1. The number of carbonyl (C=O) groups excluding carboxylic acids is 1. The molecule has 0 aliphatic carbocycles. The second-order valence-corrected chi connectivity index (χ2v) is 7.18. The second kappa shape index (κ2) is 9.46. The first kappa shape index (κ1) is 19.3. The predicted molar refractivity (Wildman–Crippen MR) is 107 cm³/mol. The third-order valence-electron chi connectivity index (χ3n) is 5.15. The summed E-state index contributed by atoms with van der Waals surface area (Å²) in [4.78, 5) is 25.6.